The van der Waals surface area contributed by atoms with Crippen LogP contribution in [0, 0.1) is 12.8 Å². The van der Waals surface area contributed by atoms with Gasteiger partial charge in [-0.05, 0) is 49.9 Å². The second-order valence-electron chi connectivity index (χ2n) is 7.57. The van der Waals surface area contributed by atoms with E-state index in [1.165, 1.54) is 0 Å². The van der Waals surface area contributed by atoms with Crippen LogP contribution in [0.2, 0.25) is 0 Å². The third-order valence-corrected chi connectivity index (χ3v) is 7.11. The zero-order valence-corrected chi connectivity index (χ0v) is 16.6. The highest BCUT2D eigenvalue weighted by atomic mass is 32.2. The summed E-state index contributed by atoms with van der Waals surface area (Å²) in [6, 6.07) is 15.9. The number of hydrogen-bond donors (Lipinski definition) is 1. The van der Waals surface area contributed by atoms with Gasteiger partial charge in [-0.3, -0.25) is 4.79 Å². The third kappa shape index (κ3) is 3.91. The number of carbonyl (C=O) groups is 1. The molecule has 28 heavy (non-hydrogen) atoms. The highest BCUT2D eigenvalue weighted by Gasteiger charge is 2.47. The van der Waals surface area contributed by atoms with E-state index in [0.717, 1.165) is 12.0 Å². The molecule has 1 aliphatic heterocycles. The first kappa shape index (κ1) is 19.0. The fraction of sp³-hybridized carbons (Fsp3) is 0.381. The standard InChI is InChI=1S/C21H24N2O4S/c1-15-7-9-18(10-8-15)27-14-21(24)23-13-16-11-17(23)12-20(16)22-28(25,26)19-5-3-2-4-6-19/h2-10,16-17,20,22H,11-14H2,1H3/t16-,17-,20-/m0/s1. The number of sulfonamides is 1. The van der Waals surface area contributed by atoms with Gasteiger partial charge in [-0.25, -0.2) is 13.1 Å². The van der Waals surface area contributed by atoms with Crippen molar-refractivity contribution in [3.8, 4) is 5.75 Å². The van der Waals surface area contributed by atoms with Crippen LogP contribution >= 0.6 is 0 Å². The van der Waals surface area contributed by atoms with E-state index in [0.29, 0.717) is 18.7 Å². The molecule has 1 saturated carbocycles. The zero-order valence-electron chi connectivity index (χ0n) is 15.7. The average molecular weight is 401 g/mol. The van der Waals surface area contributed by atoms with Gasteiger partial charge in [0.15, 0.2) is 6.61 Å². The van der Waals surface area contributed by atoms with Gasteiger partial charge in [0.25, 0.3) is 5.91 Å². The summed E-state index contributed by atoms with van der Waals surface area (Å²) in [5.74, 6) is 0.779. The van der Waals surface area contributed by atoms with Crippen molar-refractivity contribution in [3.05, 3.63) is 60.2 Å². The molecule has 1 heterocycles. The van der Waals surface area contributed by atoms with Crippen molar-refractivity contribution in [2.45, 2.75) is 36.7 Å². The SMILES string of the molecule is Cc1ccc(OCC(=O)N2C[C@@H]3C[C@H]2C[C@@H]3NS(=O)(=O)c2ccccc2)cc1. The molecule has 2 aromatic carbocycles. The molecule has 1 saturated heterocycles. The van der Waals surface area contributed by atoms with Crippen LogP contribution in [0.3, 0.4) is 0 Å². The van der Waals surface area contributed by atoms with Crippen molar-refractivity contribution in [1.29, 1.82) is 0 Å². The largest absolute Gasteiger partial charge is 0.484 e. The summed E-state index contributed by atoms with van der Waals surface area (Å²) in [6.07, 6.45) is 1.48. The molecular formula is C21H24N2O4S. The number of aryl methyl sites for hydroxylation is 1. The second-order valence-corrected chi connectivity index (χ2v) is 9.29. The molecule has 6 nitrogen and oxygen atoms in total. The fourth-order valence-corrected chi connectivity index (χ4v) is 5.47. The third-order valence-electron chi connectivity index (χ3n) is 5.61. The van der Waals surface area contributed by atoms with E-state index in [-0.39, 0.29) is 35.4 Å². The van der Waals surface area contributed by atoms with Crippen LogP contribution in [0.15, 0.2) is 59.5 Å². The molecule has 4 rings (SSSR count). The van der Waals surface area contributed by atoms with Crippen molar-refractivity contribution < 1.29 is 17.9 Å². The van der Waals surface area contributed by atoms with E-state index in [1.54, 1.807) is 30.3 Å². The van der Waals surface area contributed by atoms with Gasteiger partial charge in [-0.2, -0.15) is 0 Å². The van der Waals surface area contributed by atoms with Crippen LogP contribution in [0.25, 0.3) is 0 Å². The molecular weight excluding hydrogens is 376 g/mol. The van der Waals surface area contributed by atoms with E-state index in [4.69, 9.17) is 4.74 Å². The quantitative estimate of drug-likeness (QED) is 0.808. The minimum atomic E-state index is -3.53. The van der Waals surface area contributed by atoms with Crippen LogP contribution < -0.4 is 9.46 Å². The maximum absolute atomic E-state index is 12.6. The Bertz CT molecular complexity index is 944. The number of rotatable bonds is 6. The lowest BCUT2D eigenvalue weighted by Crippen LogP contribution is -2.48. The summed E-state index contributed by atoms with van der Waals surface area (Å²) in [6.45, 7) is 2.58. The number of nitrogens with one attached hydrogen (secondary N) is 1. The first-order valence-electron chi connectivity index (χ1n) is 9.49. The highest BCUT2D eigenvalue weighted by molar-refractivity contribution is 7.89. The van der Waals surface area contributed by atoms with Gasteiger partial charge < -0.3 is 9.64 Å². The van der Waals surface area contributed by atoms with Crippen LogP contribution in [-0.4, -0.2) is 44.5 Å². The molecule has 1 N–H and O–H groups in total. The van der Waals surface area contributed by atoms with E-state index in [9.17, 15) is 13.2 Å². The molecule has 2 aromatic rings. The summed E-state index contributed by atoms with van der Waals surface area (Å²) >= 11 is 0. The van der Waals surface area contributed by atoms with E-state index in [1.807, 2.05) is 36.1 Å². The van der Waals surface area contributed by atoms with Crippen LogP contribution in [0.5, 0.6) is 5.75 Å². The molecule has 0 unspecified atom stereocenters. The van der Waals surface area contributed by atoms with Gasteiger partial charge in [0.2, 0.25) is 10.0 Å². The monoisotopic (exact) mass is 400 g/mol. The van der Waals surface area contributed by atoms with Crippen molar-refractivity contribution in [1.82, 2.24) is 9.62 Å². The molecule has 2 aliphatic rings. The van der Waals surface area contributed by atoms with Crippen LogP contribution in [0.4, 0.5) is 0 Å². The second kappa shape index (κ2) is 7.56. The first-order valence-corrected chi connectivity index (χ1v) is 11.0. The summed E-state index contributed by atoms with van der Waals surface area (Å²) in [4.78, 5) is 14.7. The maximum Gasteiger partial charge on any atom is 0.260 e. The molecule has 2 bridgehead atoms. The number of piperidine rings is 1. The van der Waals surface area contributed by atoms with Crippen molar-refractivity contribution in [2.24, 2.45) is 5.92 Å². The number of carbonyl (C=O) groups excluding carboxylic acids is 1. The molecule has 3 atom stereocenters. The molecule has 2 fully saturated rings. The van der Waals surface area contributed by atoms with Gasteiger partial charge in [-0.15, -0.1) is 0 Å². The number of fused-ring (bicyclic) bond motifs is 2. The Kier molecular flexibility index (Phi) is 5.12. The molecule has 1 amide bonds. The number of amides is 1. The summed E-state index contributed by atoms with van der Waals surface area (Å²) in [7, 11) is -3.53. The normalized spacial score (nSPS) is 23.8. The van der Waals surface area contributed by atoms with E-state index >= 15 is 0 Å². The summed E-state index contributed by atoms with van der Waals surface area (Å²) in [5.41, 5.74) is 1.14. The Balaban J connectivity index is 1.32. The van der Waals surface area contributed by atoms with Crippen molar-refractivity contribution in [3.63, 3.8) is 0 Å². The van der Waals surface area contributed by atoms with Crippen LogP contribution in [-0.2, 0) is 14.8 Å². The first-order chi connectivity index (χ1) is 13.4. The van der Waals surface area contributed by atoms with Crippen molar-refractivity contribution >= 4 is 15.9 Å². The molecule has 148 valence electrons. The van der Waals surface area contributed by atoms with Crippen molar-refractivity contribution in [2.75, 3.05) is 13.2 Å². The lowest BCUT2D eigenvalue weighted by Gasteiger charge is -2.31. The summed E-state index contributed by atoms with van der Waals surface area (Å²) in [5, 5.41) is 0. The zero-order chi connectivity index (χ0) is 19.7. The maximum atomic E-state index is 12.6. The lowest BCUT2D eigenvalue weighted by atomic mass is 10.0. The lowest BCUT2D eigenvalue weighted by molar-refractivity contribution is -0.135. The van der Waals surface area contributed by atoms with Gasteiger partial charge in [0, 0.05) is 18.6 Å². The van der Waals surface area contributed by atoms with Gasteiger partial charge in [-0.1, -0.05) is 35.9 Å². The summed E-state index contributed by atoms with van der Waals surface area (Å²) < 4.78 is 33.5. The molecule has 0 radical (unpaired) electrons. The molecule has 7 heteroatoms. The minimum absolute atomic E-state index is 0.00664. The van der Waals surface area contributed by atoms with Gasteiger partial charge in [0.1, 0.15) is 5.75 Å². The average Bonchev–Trinajstić information content (AvgIpc) is 3.28. The van der Waals surface area contributed by atoms with E-state index in [2.05, 4.69) is 4.72 Å². The Morgan fingerprint density at radius 3 is 2.46 bits per heavy atom. The molecule has 0 aromatic heterocycles. The Hall–Kier alpha value is -2.38. The Morgan fingerprint density at radius 1 is 1.11 bits per heavy atom. The predicted molar refractivity (Wildman–Crippen MR) is 105 cm³/mol. The Morgan fingerprint density at radius 2 is 1.82 bits per heavy atom. The Labute approximate surface area is 165 Å². The smallest absolute Gasteiger partial charge is 0.260 e. The number of benzene rings is 2. The van der Waals surface area contributed by atoms with Crippen LogP contribution in [0.1, 0.15) is 18.4 Å². The number of hydrogen-bond acceptors (Lipinski definition) is 4. The van der Waals surface area contributed by atoms with Gasteiger partial charge in [0.05, 0.1) is 4.90 Å². The molecule has 0 spiro atoms. The number of likely N-dealkylation sites (tertiary alicyclic amines) is 1. The van der Waals surface area contributed by atoms with Gasteiger partial charge >= 0.3 is 0 Å². The number of nitrogens with zero attached hydrogens (tertiary/aromatic N) is 1. The molecule has 1 aliphatic carbocycles. The fourth-order valence-electron chi connectivity index (χ4n) is 4.13. The minimum Gasteiger partial charge on any atom is -0.484 e. The predicted octanol–water partition coefficient (Wildman–Crippen LogP) is 2.34. The number of ether oxygens (including phenoxy) is 1. The topological polar surface area (TPSA) is 75.7 Å². The highest BCUT2D eigenvalue weighted by Crippen LogP contribution is 2.38. The van der Waals surface area contributed by atoms with E-state index < -0.39 is 10.0 Å².